The number of nitrogens with two attached hydrogens (primary N) is 1. The van der Waals surface area contributed by atoms with E-state index in [1.54, 1.807) is 6.92 Å². The van der Waals surface area contributed by atoms with Crippen molar-refractivity contribution in [2.45, 2.75) is 13.8 Å². The maximum Gasteiger partial charge on any atom is 0.117 e. The standard InChI is InChI=1S/C9H14ClN3/c1-4-9(7(2)5-11)13-6-12-8(3)10/h4,6H,2,5,11H2,1,3H3/b9-4+,12-8+,13-6-. The van der Waals surface area contributed by atoms with Gasteiger partial charge in [0.1, 0.15) is 11.5 Å². The fourth-order valence-electron chi connectivity index (χ4n) is 0.645. The fraction of sp³-hybridized carbons (Fsp3) is 0.333. The molecule has 4 heteroatoms. The second-order valence-corrected chi connectivity index (χ2v) is 2.90. The van der Waals surface area contributed by atoms with Gasteiger partial charge in [0.25, 0.3) is 0 Å². The summed E-state index contributed by atoms with van der Waals surface area (Å²) in [6, 6.07) is 0. The quantitative estimate of drug-likeness (QED) is 0.421. The molecule has 0 aromatic heterocycles. The van der Waals surface area contributed by atoms with Crippen LogP contribution < -0.4 is 5.73 Å². The number of hydrogen-bond acceptors (Lipinski definition) is 2. The topological polar surface area (TPSA) is 50.7 Å². The molecular formula is C9H14ClN3. The summed E-state index contributed by atoms with van der Waals surface area (Å²) >= 11 is 5.51. The van der Waals surface area contributed by atoms with Gasteiger partial charge in [-0.1, -0.05) is 24.3 Å². The summed E-state index contributed by atoms with van der Waals surface area (Å²) in [5, 5.41) is 0.442. The summed E-state index contributed by atoms with van der Waals surface area (Å²) in [6.07, 6.45) is 3.21. The summed E-state index contributed by atoms with van der Waals surface area (Å²) in [6.45, 7) is 7.69. The Hall–Kier alpha value is -0.930. The van der Waals surface area contributed by atoms with E-state index < -0.39 is 0 Å². The van der Waals surface area contributed by atoms with Crippen molar-refractivity contribution in [2.24, 2.45) is 15.7 Å². The van der Waals surface area contributed by atoms with Gasteiger partial charge in [-0.05, 0) is 19.4 Å². The summed E-state index contributed by atoms with van der Waals surface area (Å²) in [4.78, 5) is 7.83. The molecule has 0 fully saturated rings. The first-order chi connectivity index (χ1) is 6.11. The first kappa shape index (κ1) is 12.1. The van der Waals surface area contributed by atoms with Crippen molar-refractivity contribution >= 4 is 23.1 Å². The Morgan fingerprint density at radius 1 is 1.62 bits per heavy atom. The highest BCUT2D eigenvalue weighted by molar-refractivity contribution is 6.65. The summed E-state index contributed by atoms with van der Waals surface area (Å²) in [5.41, 5.74) is 6.92. The minimum atomic E-state index is 0.389. The Balaban J connectivity index is 4.40. The minimum absolute atomic E-state index is 0.389. The van der Waals surface area contributed by atoms with Gasteiger partial charge in [0.2, 0.25) is 0 Å². The number of nitrogens with zero attached hydrogens (tertiary/aromatic N) is 2. The molecule has 0 aliphatic heterocycles. The Labute approximate surface area is 83.7 Å². The zero-order chi connectivity index (χ0) is 10.3. The molecule has 0 aromatic rings. The van der Waals surface area contributed by atoms with E-state index >= 15 is 0 Å². The number of rotatable bonds is 4. The van der Waals surface area contributed by atoms with Gasteiger partial charge in [0.05, 0.1) is 5.70 Å². The van der Waals surface area contributed by atoms with E-state index in [-0.39, 0.29) is 0 Å². The second-order valence-electron chi connectivity index (χ2n) is 2.35. The third-order valence-electron chi connectivity index (χ3n) is 1.31. The van der Waals surface area contributed by atoms with E-state index in [2.05, 4.69) is 16.6 Å². The molecule has 0 spiro atoms. The smallest absolute Gasteiger partial charge is 0.117 e. The molecule has 0 bridgehead atoms. The Bertz CT molecular complexity index is 260. The predicted octanol–water partition coefficient (Wildman–Crippen LogP) is 2.09. The van der Waals surface area contributed by atoms with E-state index in [1.807, 2.05) is 13.0 Å². The summed E-state index contributed by atoms with van der Waals surface area (Å²) in [5.74, 6) is 0. The van der Waals surface area contributed by atoms with E-state index in [0.29, 0.717) is 11.7 Å². The zero-order valence-corrected chi connectivity index (χ0v) is 8.67. The van der Waals surface area contributed by atoms with Crippen LogP contribution in [0.1, 0.15) is 13.8 Å². The molecule has 0 amide bonds. The van der Waals surface area contributed by atoms with Crippen LogP contribution in [0.15, 0.2) is 33.9 Å². The Morgan fingerprint density at radius 3 is 2.62 bits per heavy atom. The third kappa shape index (κ3) is 5.33. The highest BCUT2D eigenvalue weighted by Gasteiger charge is 1.94. The van der Waals surface area contributed by atoms with Crippen LogP contribution in [0.4, 0.5) is 0 Å². The summed E-state index contributed by atoms with van der Waals surface area (Å²) < 4.78 is 0. The SMILES string of the molecule is C=C(CN)C(=C\C)/N=C\N=C(/C)Cl. The number of allylic oxidation sites excluding steroid dienone is 1. The zero-order valence-electron chi connectivity index (χ0n) is 7.92. The van der Waals surface area contributed by atoms with Gasteiger partial charge in [-0.15, -0.1) is 0 Å². The van der Waals surface area contributed by atoms with Crippen LogP contribution in [0.3, 0.4) is 0 Å². The van der Waals surface area contributed by atoms with Crippen LogP contribution >= 0.6 is 11.6 Å². The molecule has 0 aliphatic carbocycles. The third-order valence-corrected chi connectivity index (χ3v) is 1.41. The lowest BCUT2D eigenvalue weighted by molar-refractivity contribution is 1.13. The minimum Gasteiger partial charge on any atom is -0.326 e. The van der Waals surface area contributed by atoms with Gasteiger partial charge in [0, 0.05) is 6.54 Å². The van der Waals surface area contributed by atoms with Crippen molar-refractivity contribution in [2.75, 3.05) is 6.54 Å². The second kappa shape index (κ2) is 6.57. The van der Waals surface area contributed by atoms with E-state index in [1.165, 1.54) is 6.34 Å². The van der Waals surface area contributed by atoms with Crippen LogP contribution in [-0.4, -0.2) is 18.1 Å². The van der Waals surface area contributed by atoms with Gasteiger partial charge in [-0.25, -0.2) is 9.98 Å². The molecular weight excluding hydrogens is 186 g/mol. The predicted molar refractivity (Wildman–Crippen MR) is 59.4 cm³/mol. The van der Waals surface area contributed by atoms with Gasteiger partial charge in [-0.2, -0.15) is 0 Å². The van der Waals surface area contributed by atoms with Crippen molar-refractivity contribution in [1.82, 2.24) is 0 Å². The molecule has 0 unspecified atom stereocenters. The number of hydrogen-bond donors (Lipinski definition) is 1. The van der Waals surface area contributed by atoms with Crippen molar-refractivity contribution < 1.29 is 0 Å². The summed E-state index contributed by atoms with van der Waals surface area (Å²) in [7, 11) is 0. The molecule has 0 rings (SSSR count). The van der Waals surface area contributed by atoms with Crippen LogP contribution in [0.2, 0.25) is 0 Å². The maximum absolute atomic E-state index is 5.51. The van der Waals surface area contributed by atoms with Crippen LogP contribution in [0.25, 0.3) is 0 Å². The van der Waals surface area contributed by atoms with Crippen molar-refractivity contribution in [3.05, 3.63) is 23.9 Å². The van der Waals surface area contributed by atoms with Crippen LogP contribution in [0, 0.1) is 0 Å². The molecule has 0 saturated heterocycles. The lowest BCUT2D eigenvalue weighted by atomic mass is 10.2. The molecule has 0 heterocycles. The highest BCUT2D eigenvalue weighted by Crippen LogP contribution is 2.06. The number of halogens is 1. The molecule has 2 N–H and O–H groups in total. The lowest BCUT2D eigenvalue weighted by Gasteiger charge is -2.00. The van der Waals surface area contributed by atoms with E-state index in [4.69, 9.17) is 17.3 Å². The maximum atomic E-state index is 5.51. The van der Waals surface area contributed by atoms with Gasteiger partial charge in [-0.3, -0.25) is 0 Å². The number of aliphatic imine (C=N–C) groups is 2. The van der Waals surface area contributed by atoms with E-state index in [9.17, 15) is 0 Å². The lowest BCUT2D eigenvalue weighted by Crippen LogP contribution is -2.03. The molecule has 0 atom stereocenters. The monoisotopic (exact) mass is 199 g/mol. The first-order valence-corrected chi connectivity index (χ1v) is 4.26. The molecule has 0 aromatic carbocycles. The van der Waals surface area contributed by atoms with Crippen LogP contribution in [0.5, 0.6) is 0 Å². The van der Waals surface area contributed by atoms with Crippen molar-refractivity contribution in [3.63, 3.8) is 0 Å². The molecule has 0 aliphatic rings. The molecule has 72 valence electrons. The molecule has 0 radical (unpaired) electrons. The van der Waals surface area contributed by atoms with Gasteiger partial charge < -0.3 is 5.73 Å². The fourth-order valence-corrected chi connectivity index (χ4v) is 0.689. The Kier molecular flexibility index (Phi) is 6.10. The molecule has 3 nitrogen and oxygen atoms in total. The average Bonchev–Trinajstić information content (AvgIpc) is 2.11. The van der Waals surface area contributed by atoms with Gasteiger partial charge >= 0.3 is 0 Å². The molecule has 0 saturated carbocycles. The first-order valence-electron chi connectivity index (χ1n) is 3.88. The van der Waals surface area contributed by atoms with Crippen LogP contribution in [-0.2, 0) is 0 Å². The highest BCUT2D eigenvalue weighted by atomic mass is 35.5. The van der Waals surface area contributed by atoms with E-state index in [0.717, 1.165) is 11.3 Å². The average molecular weight is 200 g/mol. The van der Waals surface area contributed by atoms with Crippen molar-refractivity contribution in [1.29, 1.82) is 0 Å². The van der Waals surface area contributed by atoms with Gasteiger partial charge in [0.15, 0.2) is 0 Å². The van der Waals surface area contributed by atoms with Crippen molar-refractivity contribution in [3.8, 4) is 0 Å². The molecule has 13 heavy (non-hydrogen) atoms. The largest absolute Gasteiger partial charge is 0.326 e. The normalized spacial score (nSPS) is 13.8. The Morgan fingerprint density at radius 2 is 2.23 bits per heavy atom.